The minimum atomic E-state index is 0.0180. The summed E-state index contributed by atoms with van der Waals surface area (Å²) in [6.07, 6.45) is 3.32. The lowest BCUT2D eigenvalue weighted by atomic mass is 10.2. The topological polar surface area (TPSA) is 84.4 Å². The van der Waals surface area contributed by atoms with Gasteiger partial charge in [-0.15, -0.1) is 0 Å². The summed E-state index contributed by atoms with van der Waals surface area (Å²) in [5.41, 5.74) is 6.03. The zero-order chi connectivity index (χ0) is 13.0. The molecule has 0 atom stereocenters. The number of nitrogens with two attached hydrogens (primary N) is 1. The largest absolute Gasteiger partial charge is 0.409 e. The molecule has 7 heteroatoms. The molecule has 3 N–H and O–H groups in total. The molecule has 0 unspecified atom stereocenters. The zero-order valence-electron chi connectivity index (χ0n) is 9.12. The first-order chi connectivity index (χ1) is 8.70. The van der Waals surface area contributed by atoms with Gasteiger partial charge < -0.3 is 10.9 Å². The number of aromatic nitrogens is 2. The molecule has 2 aromatic rings. The van der Waals surface area contributed by atoms with Crippen LogP contribution in [0.2, 0.25) is 5.02 Å². The summed E-state index contributed by atoms with van der Waals surface area (Å²) in [5, 5.41) is 12.6. The molecule has 1 aromatic carbocycles. The Morgan fingerprint density at radius 3 is 2.67 bits per heavy atom. The van der Waals surface area contributed by atoms with Gasteiger partial charge in [-0.05, 0) is 36.0 Å². The highest BCUT2D eigenvalue weighted by Gasteiger charge is 2.07. The number of halogens is 1. The summed E-state index contributed by atoms with van der Waals surface area (Å²) >= 11 is 7.46. The van der Waals surface area contributed by atoms with E-state index in [2.05, 4.69) is 15.1 Å². The van der Waals surface area contributed by atoms with Gasteiger partial charge in [0.2, 0.25) is 0 Å². The molecule has 0 fully saturated rings. The molecule has 0 aliphatic carbocycles. The molecule has 5 nitrogen and oxygen atoms in total. The van der Waals surface area contributed by atoms with E-state index in [1.54, 1.807) is 36.7 Å². The summed E-state index contributed by atoms with van der Waals surface area (Å²) in [7, 11) is 0. The van der Waals surface area contributed by atoms with Gasteiger partial charge in [-0.3, -0.25) is 0 Å². The molecule has 18 heavy (non-hydrogen) atoms. The molecule has 0 bridgehead atoms. The Kier molecular flexibility index (Phi) is 4.01. The molecule has 0 spiro atoms. The average Bonchev–Trinajstić information content (AvgIpc) is 2.41. The summed E-state index contributed by atoms with van der Waals surface area (Å²) in [6.45, 7) is 0. The van der Waals surface area contributed by atoms with Gasteiger partial charge >= 0.3 is 0 Å². The van der Waals surface area contributed by atoms with E-state index in [1.807, 2.05) is 0 Å². The standard InChI is InChI=1S/C11H9ClN4OS/c12-8-6-7(10(13)16-17)2-3-9(8)18-11-14-4-1-5-15-11/h1-6,17H,(H2,13,16). The van der Waals surface area contributed by atoms with Crippen LogP contribution in [0.1, 0.15) is 5.56 Å². The van der Waals surface area contributed by atoms with Gasteiger partial charge in [0.05, 0.1) is 5.02 Å². The fourth-order valence-electron chi connectivity index (χ4n) is 1.24. The maximum Gasteiger partial charge on any atom is 0.192 e. The Hall–Kier alpha value is -1.79. The van der Waals surface area contributed by atoms with Crippen molar-refractivity contribution < 1.29 is 5.21 Å². The highest BCUT2D eigenvalue weighted by Crippen LogP contribution is 2.31. The van der Waals surface area contributed by atoms with Gasteiger partial charge in [0.25, 0.3) is 0 Å². The average molecular weight is 281 g/mol. The van der Waals surface area contributed by atoms with Gasteiger partial charge in [-0.1, -0.05) is 16.8 Å². The molecule has 0 aliphatic heterocycles. The smallest absolute Gasteiger partial charge is 0.192 e. The first kappa shape index (κ1) is 12.7. The number of rotatable bonds is 3. The van der Waals surface area contributed by atoms with Gasteiger partial charge in [-0.25, -0.2) is 9.97 Å². The number of amidine groups is 1. The van der Waals surface area contributed by atoms with Crippen LogP contribution in [0.3, 0.4) is 0 Å². The number of benzene rings is 1. The molecule has 0 saturated heterocycles. The molecular weight excluding hydrogens is 272 g/mol. The lowest BCUT2D eigenvalue weighted by Gasteiger charge is -2.05. The Balaban J connectivity index is 2.26. The van der Waals surface area contributed by atoms with Gasteiger partial charge in [-0.2, -0.15) is 0 Å². The summed E-state index contributed by atoms with van der Waals surface area (Å²) in [5.74, 6) is 0.0180. The van der Waals surface area contributed by atoms with E-state index < -0.39 is 0 Å². The van der Waals surface area contributed by atoms with Crippen LogP contribution in [0, 0.1) is 0 Å². The number of oxime groups is 1. The minimum Gasteiger partial charge on any atom is -0.409 e. The van der Waals surface area contributed by atoms with Gasteiger partial charge in [0.15, 0.2) is 11.0 Å². The second-order valence-corrected chi connectivity index (χ2v) is 4.68. The van der Waals surface area contributed by atoms with Crippen molar-refractivity contribution in [3.05, 3.63) is 47.2 Å². The normalized spacial score (nSPS) is 11.5. The highest BCUT2D eigenvalue weighted by molar-refractivity contribution is 7.99. The predicted octanol–water partition coefficient (Wildman–Crippen LogP) is 2.38. The second-order valence-electron chi connectivity index (χ2n) is 3.26. The van der Waals surface area contributed by atoms with Crippen molar-refractivity contribution in [2.45, 2.75) is 10.1 Å². The Morgan fingerprint density at radius 1 is 1.33 bits per heavy atom. The van der Waals surface area contributed by atoms with E-state index in [1.165, 1.54) is 11.8 Å². The van der Waals surface area contributed by atoms with Crippen LogP contribution in [0.5, 0.6) is 0 Å². The van der Waals surface area contributed by atoms with Crippen LogP contribution in [0.4, 0.5) is 0 Å². The lowest BCUT2D eigenvalue weighted by Crippen LogP contribution is -2.12. The molecule has 0 saturated carbocycles. The zero-order valence-corrected chi connectivity index (χ0v) is 10.7. The molecule has 0 aliphatic rings. The van der Waals surface area contributed by atoms with E-state index in [-0.39, 0.29) is 5.84 Å². The first-order valence-electron chi connectivity index (χ1n) is 4.93. The molecule has 92 valence electrons. The Morgan fingerprint density at radius 2 is 2.06 bits per heavy atom. The Labute approximate surface area is 113 Å². The summed E-state index contributed by atoms with van der Waals surface area (Å²) in [6, 6.07) is 6.86. The molecule has 1 aromatic heterocycles. The maximum absolute atomic E-state index is 8.58. The summed E-state index contributed by atoms with van der Waals surface area (Å²) in [4.78, 5) is 8.99. The monoisotopic (exact) mass is 280 g/mol. The van der Waals surface area contributed by atoms with Crippen molar-refractivity contribution in [2.24, 2.45) is 10.9 Å². The van der Waals surface area contributed by atoms with Crippen LogP contribution >= 0.6 is 23.4 Å². The van der Waals surface area contributed by atoms with Crippen molar-refractivity contribution in [1.29, 1.82) is 0 Å². The van der Waals surface area contributed by atoms with Gasteiger partial charge in [0, 0.05) is 22.9 Å². The third kappa shape index (κ3) is 2.91. The third-order valence-corrected chi connectivity index (χ3v) is 3.47. The second kappa shape index (κ2) is 5.70. The van der Waals surface area contributed by atoms with Crippen LogP contribution in [0.15, 0.2) is 51.9 Å². The van der Waals surface area contributed by atoms with Crippen molar-refractivity contribution in [1.82, 2.24) is 9.97 Å². The molecular formula is C11H9ClN4OS. The van der Waals surface area contributed by atoms with Crippen LogP contribution in [-0.4, -0.2) is 21.0 Å². The number of hydrogen-bond donors (Lipinski definition) is 2. The quantitative estimate of drug-likeness (QED) is 0.296. The van der Waals surface area contributed by atoms with Crippen molar-refractivity contribution in [3.8, 4) is 0 Å². The van der Waals surface area contributed by atoms with Crippen molar-refractivity contribution in [3.63, 3.8) is 0 Å². The van der Waals surface area contributed by atoms with Crippen LogP contribution < -0.4 is 5.73 Å². The minimum absolute atomic E-state index is 0.0180. The van der Waals surface area contributed by atoms with E-state index in [9.17, 15) is 0 Å². The van der Waals surface area contributed by atoms with Gasteiger partial charge in [0.1, 0.15) is 0 Å². The molecule has 1 heterocycles. The lowest BCUT2D eigenvalue weighted by molar-refractivity contribution is 0.318. The fourth-order valence-corrected chi connectivity index (χ4v) is 2.25. The first-order valence-corrected chi connectivity index (χ1v) is 6.12. The molecule has 2 rings (SSSR count). The summed E-state index contributed by atoms with van der Waals surface area (Å²) < 4.78 is 0. The fraction of sp³-hybridized carbons (Fsp3) is 0. The number of hydrogen-bond acceptors (Lipinski definition) is 5. The third-order valence-electron chi connectivity index (χ3n) is 2.08. The molecule has 0 amide bonds. The maximum atomic E-state index is 8.58. The van der Waals surface area contributed by atoms with E-state index in [0.717, 1.165) is 4.90 Å². The van der Waals surface area contributed by atoms with E-state index in [0.29, 0.717) is 15.7 Å². The SMILES string of the molecule is N/C(=N/O)c1ccc(Sc2ncccn2)c(Cl)c1. The van der Waals surface area contributed by atoms with E-state index in [4.69, 9.17) is 22.5 Å². The van der Waals surface area contributed by atoms with Crippen molar-refractivity contribution in [2.75, 3.05) is 0 Å². The van der Waals surface area contributed by atoms with Crippen LogP contribution in [0.25, 0.3) is 0 Å². The highest BCUT2D eigenvalue weighted by atomic mass is 35.5. The van der Waals surface area contributed by atoms with E-state index >= 15 is 0 Å². The predicted molar refractivity (Wildman–Crippen MR) is 70.1 cm³/mol. The van der Waals surface area contributed by atoms with Crippen molar-refractivity contribution >= 4 is 29.2 Å². The molecule has 0 radical (unpaired) electrons. The van der Waals surface area contributed by atoms with Crippen LogP contribution in [-0.2, 0) is 0 Å². The Bertz CT molecular complexity index is 577. The number of nitrogens with zero attached hydrogens (tertiary/aromatic N) is 3.